The van der Waals surface area contributed by atoms with Crippen LogP contribution in [0.3, 0.4) is 0 Å². The number of nitrogens with zero attached hydrogens (tertiary/aromatic N) is 2. The lowest BCUT2D eigenvalue weighted by molar-refractivity contribution is 0.190. The molecule has 1 atom stereocenters. The van der Waals surface area contributed by atoms with Gasteiger partial charge in [0.1, 0.15) is 5.82 Å². The fourth-order valence-corrected chi connectivity index (χ4v) is 3.81. The van der Waals surface area contributed by atoms with Crippen LogP contribution < -0.4 is 10.2 Å². The molecule has 0 aromatic heterocycles. The molecule has 1 unspecified atom stereocenters. The van der Waals surface area contributed by atoms with E-state index in [-0.39, 0.29) is 17.9 Å². The van der Waals surface area contributed by atoms with E-state index in [0.717, 1.165) is 12.8 Å². The Balaban J connectivity index is 1.35. The van der Waals surface area contributed by atoms with E-state index in [9.17, 15) is 9.18 Å². The maximum Gasteiger partial charge on any atom is 0.318 e. The quantitative estimate of drug-likeness (QED) is 0.911. The van der Waals surface area contributed by atoms with Crippen molar-refractivity contribution < 1.29 is 9.18 Å². The van der Waals surface area contributed by atoms with Crippen LogP contribution in [0.25, 0.3) is 0 Å². The molecule has 2 amide bonds. The summed E-state index contributed by atoms with van der Waals surface area (Å²) in [5, 5.41) is 3.17. The zero-order chi connectivity index (χ0) is 17.2. The summed E-state index contributed by atoms with van der Waals surface area (Å²) in [5.74, 6) is -0.206. The van der Waals surface area contributed by atoms with Crippen LogP contribution in [0.4, 0.5) is 14.9 Å². The van der Waals surface area contributed by atoms with Crippen molar-refractivity contribution in [2.45, 2.75) is 18.9 Å². The van der Waals surface area contributed by atoms with E-state index < -0.39 is 0 Å². The molecule has 0 radical (unpaired) electrons. The van der Waals surface area contributed by atoms with Crippen molar-refractivity contribution in [2.75, 3.05) is 31.1 Å². The lowest BCUT2D eigenvalue weighted by Crippen LogP contribution is -2.52. The molecule has 1 fully saturated rings. The van der Waals surface area contributed by atoms with E-state index >= 15 is 0 Å². The Labute approximate surface area is 147 Å². The van der Waals surface area contributed by atoms with Gasteiger partial charge in [0.05, 0.1) is 11.7 Å². The average Bonchev–Trinajstić information content (AvgIpc) is 3.05. The first-order chi connectivity index (χ1) is 12.2. The number of para-hydroxylation sites is 1. The first-order valence-electron chi connectivity index (χ1n) is 8.85. The molecule has 130 valence electrons. The molecule has 0 spiro atoms. The number of hydrogen-bond acceptors (Lipinski definition) is 2. The lowest BCUT2D eigenvalue weighted by atomic mass is 10.1. The fourth-order valence-electron chi connectivity index (χ4n) is 3.81. The van der Waals surface area contributed by atoms with Gasteiger partial charge in [-0.3, -0.25) is 0 Å². The molecule has 2 aromatic rings. The lowest BCUT2D eigenvalue weighted by Gasteiger charge is -2.36. The maximum atomic E-state index is 13.9. The van der Waals surface area contributed by atoms with E-state index in [0.29, 0.717) is 31.9 Å². The summed E-state index contributed by atoms with van der Waals surface area (Å²) in [4.78, 5) is 16.4. The second-order valence-electron chi connectivity index (χ2n) is 6.67. The highest BCUT2D eigenvalue weighted by molar-refractivity contribution is 5.75. The minimum absolute atomic E-state index is 0.0186. The standard InChI is InChI=1S/C20H22FN3O/c21-17-7-3-4-8-19(17)23-11-13-24(14-12-23)20(25)22-18-10-9-15-5-1-2-6-16(15)18/h1-8,18H,9-14H2,(H,22,25). The largest absolute Gasteiger partial charge is 0.366 e. The number of anilines is 1. The Morgan fingerprint density at radius 2 is 1.72 bits per heavy atom. The third kappa shape index (κ3) is 3.18. The summed E-state index contributed by atoms with van der Waals surface area (Å²) in [6.45, 7) is 2.51. The molecule has 4 rings (SSSR count). The number of rotatable bonds is 2. The number of benzene rings is 2. The first kappa shape index (κ1) is 15.9. The average molecular weight is 339 g/mol. The van der Waals surface area contributed by atoms with Gasteiger partial charge in [-0.05, 0) is 36.1 Å². The minimum Gasteiger partial charge on any atom is -0.366 e. The van der Waals surface area contributed by atoms with Gasteiger partial charge in [-0.1, -0.05) is 36.4 Å². The Morgan fingerprint density at radius 3 is 2.52 bits per heavy atom. The summed E-state index contributed by atoms with van der Waals surface area (Å²) in [6.07, 6.45) is 1.97. The SMILES string of the molecule is O=C(NC1CCc2ccccc21)N1CCN(c2ccccc2F)CC1. The number of carbonyl (C=O) groups is 1. The van der Waals surface area contributed by atoms with Gasteiger partial charge in [0, 0.05) is 26.2 Å². The maximum absolute atomic E-state index is 13.9. The highest BCUT2D eigenvalue weighted by Gasteiger charge is 2.27. The van der Waals surface area contributed by atoms with Crippen LogP contribution in [0.2, 0.25) is 0 Å². The Hall–Kier alpha value is -2.56. The summed E-state index contributed by atoms with van der Waals surface area (Å²) >= 11 is 0. The molecule has 0 saturated carbocycles. The molecule has 1 heterocycles. The Bertz CT molecular complexity index is 771. The van der Waals surface area contributed by atoms with Gasteiger partial charge in [0.2, 0.25) is 0 Å². The molecule has 4 nitrogen and oxygen atoms in total. The summed E-state index contributed by atoms with van der Waals surface area (Å²) in [7, 11) is 0. The van der Waals surface area contributed by atoms with Gasteiger partial charge < -0.3 is 15.1 Å². The normalized spacial score (nSPS) is 19.6. The number of halogens is 1. The monoisotopic (exact) mass is 339 g/mol. The van der Waals surface area contributed by atoms with Crippen LogP contribution in [0.15, 0.2) is 48.5 Å². The van der Waals surface area contributed by atoms with Crippen LogP contribution in [0, 0.1) is 5.82 Å². The molecule has 1 saturated heterocycles. The van der Waals surface area contributed by atoms with E-state index in [4.69, 9.17) is 0 Å². The third-order valence-electron chi connectivity index (χ3n) is 5.19. The minimum atomic E-state index is -0.206. The van der Waals surface area contributed by atoms with E-state index in [1.807, 2.05) is 28.0 Å². The highest BCUT2D eigenvalue weighted by Crippen LogP contribution is 2.31. The number of fused-ring (bicyclic) bond motifs is 1. The van der Waals surface area contributed by atoms with Crippen LogP contribution in [-0.4, -0.2) is 37.1 Å². The number of piperazine rings is 1. The third-order valence-corrected chi connectivity index (χ3v) is 5.19. The Kier molecular flexibility index (Phi) is 4.30. The van der Waals surface area contributed by atoms with Crippen LogP contribution in [0.1, 0.15) is 23.6 Å². The number of carbonyl (C=O) groups excluding carboxylic acids is 1. The van der Waals surface area contributed by atoms with Crippen LogP contribution >= 0.6 is 0 Å². The number of aryl methyl sites for hydroxylation is 1. The summed E-state index contributed by atoms with van der Waals surface area (Å²) in [5.41, 5.74) is 3.19. The zero-order valence-corrected chi connectivity index (χ0v) is 14.1. The second kappa shape index (κ2) is 6.75. The summed E-state index contributed by atoms with van der Waals surface area (Å²) < 4.78 is 13.9. The van der Waals surface area contributed by atoms with Crippen molar-refractivity contribution in [3.8, 4) is 0 Å². The number of hydrogen-bond donors (Lipinski definition) is 1. The smallest absolute Gasteiger partial charge is 0.318 e. The first-order valence-corrected chi connectivity index (χ1v) is 8.85. The van der Waals surface area contributed by atoms with Gasteiger partial charge in [-0.25, -0.2) is 9.18 Å². The van der Waals surface area contributed by atoms with Gasteiger partial charge >= 0.3 is 6.03 Å². The fraction of sp³-hybridized carbons (Fsp3) is 0.350. The van der Waals surface area contributed by atoms with Crippen molar-refractivity contribution in [1.82, 2.24) is 10.2 Å². The molecule has 0 bridgehead atoms. The molecule has 2 aliphatic rings. The predicted molar refractivity (Wildman–Crippen MR) is 96.2 cm³/mol. The van der Waals surface area contributed by atoms with Crippen LogP contribution in [-0.2, 0) is 6.42 Å². The molecule has 2 aromatic carbocycles. The molecule has 1 N–H and O–H groups in total. The van der Waals surface area contributed by atoms with E-state index in [2.05, 4.69) is 17.4 Å². The molecule has 5 heteroatoms. The highest BCUT2D eigenvalue weighted by atomic mass is 19.1. The van der Waals surface area contributed by atoms with Crippen molar-refractivity contribution in [1.29, 1.82) is 0 Å². The van der Waals surface area contributed by atoms with E-state index in [1.165, 1.54) is 17.2 Å². The van der Waals surface area contributed by atoms with Crippen molar-refractivity contribution in [3.63, 3.8) is 0 Å². The van der Waals surface area contributed by atoms with Gasteiger partial charge in [-0.15, -0.1) is 0 Å². The number of nitrogens with one attached hydrogen (secondary N) is 1. The van der Waals surface area contributed by atoms with Gasteiger partial charge in [0.25, 0.3) is 0 Å². The zero-order valence-electron chi connectivity index (χ0n) is 14.1. The van der Waals surface area contributed by atoms with Crippen LogP contribution in [0.5, 0.6) is 0 Å². The molecular formula is C20H22FN3O. The molecule has 25 heavy (non-hydrogen) atoms. The van der Waals surface area contributed by atoms with Gasteiger partial charge in [0.15, 0.2) is 0 Å². The summed E-state index contributed by atoms with van der Waals surface area (Å²) in [6, 6.07) is 15.2. The van der Waals surface area contributed by atoms with Crippen molar-refractivity contribution in [3.05, 3.63) is 65.5 Å². The number of amides is 2. The second-order valence-corrected chi connectivity index (χ2v) is 6.67. The molecule has 1 aliphatic heterocycles. The molecular weight excluding hydrogens is 317 g/mol. The van der Waals surface area contributed by atoms with Gasteiger partial charge in [-0.2, -0.15) is 0 Å². The van der Waals surface area contributed by atoms with Crippen molar-refractivity contribution in [2.24, 2.45) is 0 Å². The molecule has 1 aliphatic carbocycles. The topological polar surface area (TPSA) is 35.6 Å². The van der Waals surface area contributed by atoms with E-state index in [1.54, 1.807) is 12.1 Å². The predicted octanol–water partition coefficient (Wildman–Crippen LogP) is 3.34. The Morgan fingerprint density at radius 1 is 1.00 bits per heavy atom. The van der Waals surface area contributed by atoms with Crippen molar-refractivity contribution >= 4 is 11.7 Å². The number of urea groups is 1.